The molecule has 1 nitrogen and oxygen atoms in total. The molecule has 4 aromatic rings. The van der Waals surface area contributed by atoms with Crippen molar-refractivity contribution in [2.24, 2.45) is 0 Å². The highest BCUT2D eigenvalue weighted by Crippen LogP contribution is 2.51. The topological polar surface area (TPSA) is 20.2 Å². The molecule has 0 aliphatic carbocycles. The van der Waals surface area contributed by atoms with Gasteiger partial charge in [-0.15, -0.1) is 11.8 Å². The van der Waals surface area contributed by atoms with Gasteiger partial charge in [0.2, 0.25) is 0 Å². The number of hydrogen-bond acceptors (Lipinski definition) is 2. The molecule has 0 aromatic heterocycles. The Balaban J connectivity index is 1.91. The van der Waals surface area contributed by atoms with Gasteiger partial charge in [-0.05, 0) is 28.8 Å². The maximum atomic E-state index is 12.3. The van der Waals surface area contributed by atoms with Gasteiger partial charge in [0, 0.05) is 4.90 Å². The van der Waals surface area contributed by atoms with Crippen LogP contribution in [0, 0.1) is 0 Å². The zero-order chi connectivity index (χ0) is 19.2. The van der Waals surface area contributed by atoms with Crippen LogP contribution in [0.2, 0.25) is 0 Å². The van der Waals surface area contributed by atoms with Crippen LogP contribution in [-0.2, 0) is 5.60 Å². The maximum Gasteiger partial charge on any atom is 0.131 e. The summed E-state index contributed by atoms with van der Waals surface area (Å²) in [6, 6.07) is 40.5. The molecule has 2 heteroatoms. The van der Waals surface area contributed by atoms with Gasteiger partial charge >= 0.3 is 0 Å². The normalized spacial score (nSPS) is 12.5. The Kier molecular flexibility index (Phi) is 5.61. The Morgan fingerprint density at radius 1 is 0.536 bits per heavy atom. The summed E-state index contributed by atoms with van der Waals surface area (Å²) in [5, 5.41) is 12.1. The van der Waals surface area contributed by atoms with Crippen molar-refractivity contribution in [3.63, 3.8) is 0 Å². The molecule has 0 saturated carbocycles. The van der Waals surface area contributed by atoms with E-state index in [-0.39, 0.29) is 5.25 Å². The van der Waals surface area contributed by atoms with Gasteiger partial charge in [-0.2, -0.15) is 0 Å². The molecule has 0 heterocycles. The zero-order valence-electron chi connectivity index (χ0n) is 15.5. The average molecular weight is 383 g/mol. The van der Waals surface area contributed by atoms with E-state index in [1.165, 1.54) is 0 Å². The van der Waals surface area contributed by atoms with Crippen molar-refractivity contribution in [3.8, 4) is 0 Å². The summed E-state index contributed by atoms with van der Waals surface area (Å²) in [4.78, 5) is 1.13. The van der Waals surface area contributed by atoms with Gasteiger partial charge in [0.25, 0.3) is 0 Å². The lowest BCUT2D eigenvalue weighted by molar-refractivity contribution is 0.0777. The van der Waals surface area contributed by atoms with E-state index in [1.54, 1.807) is 11.8 Å². The van der Waals surface area contributed by atoms with Gasteiger partial charge in [0.1, 0.15) is 5.60 Å². The van der Waals surface area contributed by atoms with E-state index in [0.29, 0.717) is 0 Å². The Morgan fingerprint density at radius 3 is 1.39 bits per heavy atom. The van der Waals surface area contributed by atoms with E-state index in [1.807, 2.05) is 97.1 Å². The minimum atomic E-state index is -1.18. The fourth-order valence-electron chi connectivity index (χ4n) is 3.51. The van der Waals surface area contributed by atoms with Crippen molar-refractivity contribution in [3.05, 3.63) is 138 Å². The van der Waals surface area contributed by atoms with Gasteiger partial charge in [-0.3, -0.25) is 0 Å². The lowest BCUT2D eigenvalue weighted by Gasteiger charge is -2.37. The molecule has 0 bridgehead atoms. The first-order valence-corrected chi connectivity index (χ1v) is 10.3. The fraction of sp³-hybridized carbons (Fsp3) is 0.0769. The molecule has 0 aliphatic heterocycles. The highest BCUT2D eigenvalue weighted by Gasteiger charge is 2.41. The lowest BCUT2D eigenvalue weighted by atomic mass is 9.81. The third kappa shape index (κ3) is 3.75. The van der Waals surface area contributed by atoms with Gasteiger partial charge in [-0.1, -0.05) is 109 Å². The van der Waals surface area contributed by atoms with E-state index in [0.717, 1.165) is 21.6 Å². The van der Waals surface area contributed by atoms with Crippen LogP contribution in [0.25, 0.3) is 0 Å². The van der Waals surface area contributed by atoms with Gasteiger partial charge in [0.05, 0.1) is 5.25 Å². The number of aliphatic hydroxyl groups is 1. The number of thioether (sulfide) groups is 1. The maximum absolute atomic E-state index is 12.3. The Bertz CT molecular complexity index is 946. The first-order chi connectivity index (χ1) is 13.8. The average Bonchev–Trinajstić information content (AvgIpc) is 2.79. The van der Waals surface area contributed by atoms with Gasteiger partial charge < -0.3 is 5.11 Å². The molecular formula is C26H22OS. The second-order valence-electron chi connectivity index (χ2n) is 6.72. The van der Waals surface area contributed by atoms with Gasteiger partial charge in [-0.25, -0.2) is 0 Å². The zero-order valence-corrected chi connectivity index (χ0v) is 16.3. The van der Waals surface area contributed by atoms with Crippen LogP contribution in [-0.4, -0.2) is 5.11 Å². The molecule has 1 unspecified atom stereocenters. The molecule has 0 amide bonds. The molecule has 0 radical (unpaired) electrons. The number of benzene rings is 4. The molecule has 4 aromatic carbocycles. The minimum absolute atomic E-state index is 0.208. The highest BCUT2D eigenvalue weighted by molar-refractivity contribution is 7.99. The van der Waals surface area contributed by atoms with Crippen LogP contribution in [0.3, 0.4) is 0 Å². The van der Waals surface area contributed by atoms with E-state index in [2.05, 4.69) is 24.3 Å². The number of hydrogen-bond donors (Lipinski definition) is 1. The second kappa shape index (κ2) is 8.47. The third-order valence-corrected chi connectivity index (χ3v) is 6.30. The summed E-state index contributed by atoms with van der Waals surface area (Å²) in [5.74, 6) is 0. The monoisotopic (exact) mass is 382 g/mol. The standard InChI is InChI=1S/C26H22OS/c27-26(22-15-7-2-8-16-22,23-17-9-3-10-18-23)25(21-13-5-1-6-14-21)28-24-19-11-4-12-20-24/h1-20,25,27H. The molecule has 1 atom stereocenters. The molecule has 0 saturated heterocycles. The first-order valence-electron chi connectivity index (χ1n) is 9.38. The number of rotatable bonds is 6. The largest absolute Gasteiger partial charge is 0.379 e. The first kappa shape index (κ1) is 18.5. The van der Waals surface area contributed by atoms with Crippen molar-refractivity contribution in [1.29, 1.82) is 0 Å². The molecular weight excluding hydrogens is 360 g/mol. The van der Waals surface area contributed by atoms with Crippen LogP contribution in [0.5, 0.6) is 0 Å². The van der Waals surface area contributed by atoms with Crippen LogP contribution < -0.4 is 0 Å². The Morgan fingerprint density at radius 2 is 0.929 bits per heavy atom. The van der Waals surface area contributed by atoms with Crippen LogP contribution in [0.1, 0.15) is 21.9 Å². The predicted molar refractivity (Wildman–Crippen MR) is 117 cm³/mol. The molecule has 0 aliphatic rings. The fourth-order valence-corrected chi connectivity index (χ4v) is 4.83. The van der Waals surface area contributed by atoms with Crippen molar-refractivity contribution >= 4 is 11.8 Å². The molecule has 138 valence electrons. The van der Waals surface area contributed by atoms with Gasteiger partial charge in [0.15, 0.2) is 0 Å². The Labute approximate surface area is 170 Å². The van der Waals surface area contributed by atoms with Crippen molar-refractivity contribution in [2.45, 2.75) is 15.7 Å². The summed E-state index contributed by atoms with van der Waals surface area (Å²) in [6.45, 7) is 0. The summed E-state index contributed by atoms with van der Waals surface area (Å²) in [5.41, 5.74) is 1.69. The minimum Gasteiger partial charge on any atom is -0.379 e. The van der Waals surface area contributed by atoms with E-state index < -0.39 is 5.60 Å². The van der Waals surface area contributed by atoms with E-state index in [9.17, 15) is 5.11 Å². The summed E-state index contributed by atoms with van der Waals surface area (Å²) < 4.78 is 0. The quantitative estimate of drug-likeness (QED) is 0.386. The van der Waals surface area contributed by atoms with Crippen LogP contribution in [0.4, 0.5) is 0 Å². The highest BCUT2D eigenvalue weighted by atomic mass is 32.2. The van der Waals surface area contributed by atoms with E-state index in [4.69, 9.17) is 0 Å². The molecule has 0 spiro atoms. The second-order valence-corrected chi connectivity index (χ2v) is 7.90. The summed E-state index contributed by atoms with van der Waals surface area (Å²) >= 11 is 1.69. The Hall–Kier alpha value is -2.81. The van der Waals surface area contributed by atoms with E-state index >= 15 is 0 Å². The summed E-state index contributed by atoms with van der Waals surface area (Å²) in [6.07, 6.45) is 0. The van der Waals surface area contributed by atoms with Crippen LogP contribution >= 0.6 is 11.8 Å². The predicted octanol–water partition coefficient (Wildman–Crippen LogP) is 6.46. The molecule has 1 N–H and O–H groups in total. The van der Waals surface area contributed by atoms with Crippen molar-refractivity contribution < 1.29 is 5.11 Å². The lowest BCUT2D eigenvalue weighted by Crippen LogP contribution is -2.33. The smallest absolute Gasteiger partial charge is 0.131 e. The van der Waals surface area contributed by atoms with Crippen molar-refractivity contribution in [1.82, 2.24) is 0 Å². The van der Waals surface area contributed by atoms with Crippen LogP contribution in [0.15, 0.2) is 126 Å². The van der Waals surface area contributed by atoms with Crippen molar-refractivity contribution in [2.75, 3.05) is 0 Å². The molecule has 4 rings (SSSR count). The third-order valence-electron chi connectivity index (χ3n) is 4.91. The molecule has 0 fully saturated rings. The SMILES string of the molecule is OC(c1ccccc1)(c1ccccc1)C(Sc1ccccc1)c1ccccc1. The molecule has 28 heavy (non-hydrogen) atoms. The summed E-state index contributed by atoms with van der Waals surface area (Å²) in [7, 11) is 0.